The molecule has 0 fully saturated rings. The van der Waals surface area contributed by atoms with Crippen LogP contribution >= 0.6 is 0 Å². The van der Waals surface area contributed by atoms with Crippen LogP contribution < -0.4 is 5.32 Å². The van der Waals surface area contributed by atoms with Crippen LogP contribution in [0.2, 0.25) is 0 Å². The fraction of sp³-hybridized carbons (Fsp3) is 0.133. The standard InChI is InChI=1S/C15H14N2O/c1-9-7-10(2)16-14(9)8-12-11-5-3-4-6-13(11)17-15(12)18/h3-8,16H,1-2H3,(H,17,18)/i8+2. The molecule has 0 bridgehead atoms. The van der Waals surface area contributed by atoms with Crippen LogP contribution in [0.25, 0.3) is 11.6 Å². The molecule has 2 aromatic rings. The predicted molar refractivity (Wildman–Crippen MR) is 73.2 cm³/mol. The highest BCUT2D eigenvalue weighted by molar-refractivity contribution is 6.34. The van der Waals surface area contributed by atoms with Crippen molar-refractivity contribution in [3.8, 4) is 0 Å². The zero-order valence-electron chi connectivity index (χ0n) is 10.4. The Balaban J connectivity index is 2.12. The molecular weight excluding hydrogens is 226 g/mol. The number of hydrogen-bond acceptors (Lipinski definition) is 1. The molecule has 3 nitrogen and oxygen atoms in total. The molecule has 0 spiro atoms. The van der Waals surface area contributed by atoms with Crippen LogP contribution in [-0.2, 0) is 4.79 Å². The van der Waals surface area contributed by atoms with Gasteiger partial charge in [-0.2, -0.15) is 0 Å². The van der Waals surface area contributed by atoms with Crippen LogP contribution in [0.3, 0.4) is 0 Å². The SMILES string of the molecule is Cc1cc(C)c([14CH]=C2C(=O)Nc3ccccc32)[nH]1. The van der Waals surface area contributed by atoms with Gasteiger partial charge in [-0.3, -0.25) is 4.79 Å². The Bertz CT molecular complexity index is 665. The molecule has 0 unspecified atom stereocenters. The van der Waals surface area contributed by atoms with Gasteiger partial charge in [0, 0.05) is 22.6 Å². The number of carbonyl (C=O) groups excluding carboxylic acids is 1. The van der Waals surface area contributed by atoms with E-state index < -0.39 is 0 Å². The van der Waals surface area contributed by atoms with Gasteiger partial charge in [0.25, 0.3) is 5.91 Å². The highest BCUT2D eigenvalue weighted by Crippen LogP contribution is 2.32. The topological polar surface area (TPSA) is 44.9 Å². The van der Waals surface area contributed by atoms with Crippen molar-refractivity contribution < 1.29 is 4.79 Å². The van der Waals surface area contributed by atoms with Crippen molar-refractivity contribution in [3.63, 3.8) is 0 Å². The lowest BCUT2D eigenvalue weighted by Crippen LogP contribution is -2.03. The van der Waals surface area contributed by atoms with Crippen molar-refractivity contribution in [2.75, 3.05) is 5.32 Å². The van der Waals surface area contributed by atoms with Crippen molar-refractivity contribution in [2.24, 2.45) is 0 Å². The number of aromatic amines is 1. The maximum Gasteiger partial charge on any atom is 0.256 e. The van der Waals surface area contributed by atoms with E-state index in [1.807, 2.05) is 44.2 Å². The Kier molecular flexibility index (Phi) is 2.33. The van der Waals surface area contributed by atoms with Crippen LogP contribution in [0, 0.1) is 13.8 Å². The number of amides is 1. The largest absolute Gasteiger partial charge is 0.359 e. The van der Waals surface area contributed by atoms with Gasteiger partial charge in [-0.15, -0.1) is 0 Å². The zero-order chi connectivity index (χ0) is 12.7. The quantitative estimate of drug-likeness (QED) is 0.739. The highest BCUT2D eigenvalue weighted by Gasteiger charge is 2.23. The number of hydrogen-bond donors (Lipinski definition) is 2. The Labute approximate surface area is 106 Å². The van der Waals surface area contributed by atoms with Crippen molar-refractivity contribution in [3.05, 3.63) is 52.8 Å². The number of para-hydroxylation sites is 1. The van der Waals surface area contributed by atoms with E-state index in [-0.39, 0.29) is 5.91 Å². The van der Waals surface area contributed by atoms with E-state index in [2.05, 4.69) is 16.4 Å². The van der Waals surface area contributed by atoms with E-state index in [4.69, 9.17) is 0 Å². The van der Waals surface area contributed by atoms with Gasteiger partial charge in [0.15, 0.2) is 0 Å². The molecule has 0 atom stereocenters. The van der Waals surface area contributed by atoms with Gasteiger partial charge >= 0.3 is 0 Å². The third-order valence-electron chi connectivity index (χ3n) is 3.19. The van der Waals surface area contributed by atoms with Gasteiger partial charge in [0.05, 0.1) is 5.57 Å². The fourth-order valence-electron chi connectivity index (χ4n) is 2.33. The van der Waals surface area contributed by atoms with E-state index in [1.54, 1.807) is 0 Å². The molecule has 3 heteroatoms. The number of H-pyrrole nitrogens is 1. The van der Waals surface area contributed by atoms with E-state index in [0.29, 0.717) is 0 Å². The van der Waals surface area contributed by atoms with Crippen LogP contribution in [0.1, 0.15) is 22.5 Å². The number of aromatic nitrogens is 1. The average molecular weight is 240 g/mol. The summed E-state index contributed by atoms with van der Waals surface area (Å²) in [5.74, 6) is -0.0390. The van der Waals surface area contributed by atoms with Crippen LogP contribution in [0.5, 0.6) is 0 Å². The summed E-state index contributed by atoms with van der Waals surface area (Å²) >= 11 is 0. The summed E-state index contributed by atoms with van der Waals surface area (Å²) in [4.78, 5) is 15.2. The molecule has 0 saturated heterocycles. The van der Waals surface area contributed by atoms with E-state index in [0.717, 1.165) is 33.8 Å². The van der Waals surface area contributed by atoms with Crippen LogP contribution in [-0.4, -0.2) is 10.9 Å². The molecule has 3 rings (SSSR count). The number of rotatable bonds is 1. The summed E-state index contributed by atoms with van der Waals surface area (Å²) in [6.45, 7) is 4.05. The van der Waals surface area contributed by atoms with Crippen LogP contribution in [0.15, 0.2) is 30.3 Å². The minimum atomic E-state index is -0.0390. The van der Waals surface area contributed by atoms with Crippen molar-refractivity contribution >= 4 is 23.2 Å². The fourth-order valence-corrected chi connectivity index (χ4v) is 2.33. The first-order chi connectivity index (χ1) is 8.65. The lowest BCUT2D eigenvalue weighted by molar-refractivity contribution is -0.110. The highest BCUT2D eigenvalue weighted by atomic mass is 16.2. The molecule has 18 heavy (non-hydrogen) atoms. The maximum absolute atomic E-state index is 12.0. The van der Waals surface area contributed by atoms with Gasteiger partial charge in [0.2, 0.25) is 0 Å². The third-order valence-corrected chi connectivity index (χ3v) is 3.19. The second-order valence-electron chi connectivity index (χ2n) is 4.61. The molecule has 0 aliphatic carbocycles. The predicted octanol–water partition coefficient (Wildman–Crippen LogP) is 3.12. The summed E-state index contributed by atoms with van der Waals surface area (Å²) in [6.07, 6.45) is 1.92. The molecule has 2 N–H and O–H groups in total. The molecule has 1 aromatic heterocycles. The van der Waals surface area contributed by atoms with Crippen molar-refractivity contribution in [1.29, 1.82) is 0 Å². The first-order valence-corrected chi connectivity index (χ1v) is 5.94. The summed E-state index contributed by atoms with van der Waals surface area (Å²) in [6, 6.07) is 9.82. The number of carbonyl (C=O) groups is 1. The smallest absolute Gasteiger partial charge is 0.256 e. The van der Waals surface area contributed by atoms with Gasteiger partial charge in [-0.1, -0.05) is 18.2 Å². The minimum absolute atomic E-state index is 0.0390. The molecule has 90 valence electrons. The van der Waals surface area contributed by atoms with Gasteiger partial charge in [-0.25, -0.2) is 0 Å². The molecule has 0 saturated carbocycles. The molecule has 0 radical (unpaired) electrons. The molecule has 1 aromatic carbocycles. The molecular formula is C15H14N2O. The first kappa shape index (κ1) is 10.8. The summed E-state index contributed by atoms with van der Waals surface area (Å²) < 4.78 is 0. The average Bonchev–Trinajstić information content (AvgIpc) is 2.81. The summed E-state index contributed by atoms with van der Waals surface area (Å²) in [5.41, 5.74) is 5.82. The Morgan fingerprint density at radius 2 is 1.94 bits per heavy atom. The number of nitrogens with one attached hydrogen (secondary N) is 2. The molecule has 1 aliphatic heterocycles. The maximum atomic E-state index is 12.0. The zero-order valence-corrected chi connectivity index (χ0v) is 10.4. The van der Waals surface area contributed by atoms with E-state index >= 15 is 0 Å². The normalized spacial score (nSPS) is 15.9. The first-order valence-electron chi connectivity index (χ1n) is 5.94. The molecule has 1 aliphatic rings. The second-order valence-corrected chi connectivity index (χ2v) is 4.61. The number of fused-ring (bicyclic) bond motifs is 1. The van der Waals surface area contributed by atoms with Crippen LogP contribution in [0.4, 0.5) is 5.69 Å². The van der Waals surface area contributed by atoms with E-state index in [9.17, 15) is 4.79 Å². The number of anilines is 1. The third kappa shape index (κ3) is 1.64. The molecule has 2 heterocycles. The van der Waals surface area contributed by atoms with Gasteiger partial charge in [0.1, 0.15) is 0 Å². The Morgan fingerprint density at radius 3 is 2.67 bits per heavy atom. The van der Waals surface area contributed by atoms with Gasteiger partial charge < -0.3 is 10.3 Å². The Morgan fingerprint density at radius 1 is 1.17 bits per heavy atom. The number of aryl methyl sites for hydroxylation is 2. The molecule has 1 amide bonds. The lowest BCUT2D eigenvalue weighted by Gasteiger charge is -1.97. The monoisotopic (exact) mass is 240 g/mol. The summed E-state index contributed by atoms with van der Waals surface area (Å²) in [5, 5.41) is 2.87. The van der Waals surface area contributed by atoms with Crippen molar-refractivity contribution in [2.45, 2.75) is 13.8 Å². The minimum Gasteiger partial charge on any atom is -0.359 e. The number of benzene rings is 1. The van der Waals surface area contributed by atoms with Crippen molar-refractivity contribution in [1.82, 2.24) is 4.98 Å². The second kappa shape index (κ2) is 3.88. The lowest BCUT2D eigenvalue weighted by atomic mass is 10.1. The Hall–Kier alpha value is -2.29. The van der Waals surface area contributed by atoms with Gasteiger partial charge in [-0.05, 0) is 37.6 Å². The summed E-state index contributed by atoms with van der Waals surface area (Å²) in [7, 11) is 0. The van der Waals surface area contributed by atoms with E-state index in [1.165, 1.54) is 0 Å².